The number of anilines is 1. The van der Waals surface area contributed by atoms with Crippen molar-refractivity contribution in [1.29, 1.82) is 0 Å². The van der Waals surface area contributed by atoms with Crippen molar-refractivity contribution in [2.45, 2.75) is 45.1 Å². The van der Waals surface area contributed by atoms with E-state index in [2.05, 4.69) is 10.3 Å². The van der Waals surface area contributed by atoms with Gasteiger partial charge in [0, 0.05) is 24.4 Å². The quantitative estimate of drug-likeness (QED) is 0.761. The number of carbonyl (C=O) groups is 2. The molecule has 160 valence electrons. The Kier molecular flexibility index (Phi) is 6.22. The predicted octanol–water partition coefficient (Wildman–Crippen LogP) is 3.42. The molecule has 1 N–H and O–H groups in total. The Bertz CT molecular complexity index is 936. The summed E-state index contributed by atoms with van der Waals surface area (Å²) in [6, 6.07) is 3.95. The van der Waals surface area contributed by atoms with Crippen LogP contribution in [-0.2, 0) is 29.0 Å². The van der Waals surface area contributed by atoms with E-state index in [-0.39, 0.29) is 24.2 Å². The van der Waals surface area contributed by atoms with Crippen molar-refractivity contribution in [3.8, 4) is 11.5 Å². The lowest BCUT2D eigenvalue weighted by Gasteiger charge is -2.29. The number of hydrogen-bond donors (Lipinski definition) is 1. The van der Waals surface area contributed by atoms with Gasteiger partial charge >= 0.3 is 0 Å². The van der Waals surface area contributed by atoms with E-state index in [1.165, 1.54) is 16.9 Å². The molecule has 0 bridgehead atoms. The van der Waals surface area contributed by atoms with Crippen molar-refractivity contribution >= 4 is 28.3 Å². The predicted molar refractivity (Wildman–Crippen MR) is 115 cm³/mol. The van der Waals surface area contributed by atoms with E-state index >= 15 is 0 Å². The van der Waals surface area contributed by atoms with Gasteiger partial charge in [-0.05, 0) is 42.5 Å². The highest BCUT2D eigenvalue weighted by molar-refractivity contribution is 7.13. The fourth-order valence-electron chi connectivity index (χ4n) is 4.20. The molecule has 2 heterocycles. The third-order valence-electron chi connectivity index (χ3n) is 5.91. The summed E-state index contributed by atoms with van der Waals surface area (Å²) < 4.78 is 10.8. The van der Waals surface area contributed by atoms with Gasteiger partial charge in [-0.3, -0.25) is 9.59 Å². The Hall–Kier alpha value is -2.61. The van der Waals surface area contributed by atoms with E-state index in [4.69, 9.17) is 9.47 Å². The Balaban J connectivity index is 1.37. The SMILES string of the molecule is COc1cc2c(cc1OC)CN(C(=O)Cc1csc(NC(=O)C3CCCC3)n1)CC2. The Morgan fingerprint density at radius 1 is 1.17 bits per heavy atom. The van der Waals surface area contributed by atoms with E-state index in [0.717, 1.165) is 37.7 Å². The minimum atomic E-state index is 0.0365. The van der Waals surface area contributed by atoms with Crippen LogP contribution in [0, 0.1) is 5.92 Å². The minimum absolute atomic E-state index is 0.0365. The van der Waals surface area contributed by atoms with E-state index in [9.17, 15) is 9.59 Å². The Morgan fingerprint density at radius 2 is 1.87 bits per heavy atom. The molecule has 2 aromatic rings. The topological polar surface area (TPSA) is 80.8 Å². The molecule has 7 nitrogen and oxygen atoms in total. The van der Waals surface area contributed by atoms with Gasteiger partial charge in [-0.15, -0.1) is 11.3 Å². The van der Waals surface area contributed by atoms with Gasteiger partial charge in [0.1, 0.15) is 0 Å². The number of aromatic nitrogens is 1. The van der Waals surface area contributed by atoms with Crippen LogP contribution in [0.15, 0.2) is 17.5 Å². The lowest BCUT2D eigenvalue weighted by atomic mass is 9.98. The fourth-order valence-corrected chi connectivity index (χ4v) is 4.92. The molecule has 1 aromatic heterocycles. The average Bonchev–Trinajstić information content (AvgIpc) is 3.44. The number of nitrogens with zero attached hydrogens (tertiary/aromatic N) is 2. The van der Waals surface area contributed by atoms with Gasteiger partial charge in [-0.1, -0.05) is 12.8 Å². The second-order valence-corrected chi connectivity index (χ2v) is 8.69. The van der Waals surface area contributed by atoms with Crippen molar-refractivity contribution in [3.63, 3.8) is 0 Å². The standard InChI is InChI=1S/C22H27N3O4S/c1-28-18-9-15-7-8-25(12-16(15)10-19(18)29-2)20(26)11-17-13-30-22(23-17)24-21(27)14-5-3-4-6-14/h9-10,13-14H,3-8,11-12H2,1-2H3,(H,23,24,27). The maximum absolute atomic E-state index is 12.8. The van der Waals surface area contributed by atoms with Crippen LogP contribution in [0.1, 0.15) is 42.5 Å². The van der Waals surface area contributed by atoms with Crippen LogP contribution in [0.2, 0.25) is 0 Å². The van der Waals surface area contributed by atoms with Crippen molar-refractivity contribution in [2.24, 2.45) is 5.92 Å². The third-order valence-corrected chi connectivity index (χ3v) is 6.72. The summed E-state index contributed by atoms with van der Waals surface area (Å²) in [4.78, 5) is 31.4. The molecule has 1 aliphatic heterocycles. The number of ether oxygens (including phenoxy) is 2. The van der Waals surface area contributed by atoms with E-state index in [1.54, 1.807) is 14.2 Å². The second kappa shape index (κ2) is 9.04. The molecule has 0 saturated heterocycles. The molecule has 30 heavy (non-hydrogen) atoms. The first-order valence-corrected chi connectivity index (χ1v) is 11.2. The lowest BCUT2D eigenvalue weighted by molar-refractivity contribution is -0.131. The van der Waals surface area contributed by atoms with Crippen LogP contribution in [0.5, 0.6) is 11.5 Å². The number of fused-ring (bicyclic) bond motifs is 1. The zero-order chi connectivity index (χ0) is 21.1. The van der Waals surface area contributed by atoms with Gasteiger partial charge in [-0.2, -0.15) is 0 Å². The number of methoxy groups -OCH3 is 2. The van der Waals surface area contributed by atoms with Crippen molar-refractivity contribution in [1.82, 2.24) is 9.88 Å². The summed E-state index contributed by atoms with van der Waals surface area (Å²) in [5.74, 6) is 1.58. The van der Waals surface area contributed by atoms with E-state index in [0.29, 0.717) is 35.4 Å². The van der Waals surface area contributed by atoms with Crippen LogP contribution in [0.4, 0.5) is 5.13 Å². The summed E-state index contributed by atoms with van der Waals surface area (Å²) >= 11 is 1.38. The van der Waals surface area contributed by atoms with Gasteiger partial charge in [0.25, 0.3) is 0 Å². The molecule has 1 aromatic carbocycles. The number of benzene rings is 1. The van der Waals surface area contributed by atoms with Crippen molar-refractivity contribution in [3.05, 3.63) is 34.3 Å². The van der Waals surface area contributed by atoms with Gasteiger partial charge in [-0.25, -0.2) is 4.98 Å². The van der Waals surface area contributed by atoms with Crippen LogP contribution in [0.3, 0.4) is 0 Å². The summed E-state index contributed by atoms with van der Waals surface area (Å²) in [6.07, 6.45) is 5.16. The van der Waals surface area contributed by atoms with Crippen LogP contribution >= 0.6 is 11.3 Å². The first kappa shape index (κ1) is 20.7. The van der Waals surface area contributed by atoms with E-state index in [1.807, 2.05) is 22.4 Å². The summed E-state index contributed by atoms with van der Waals surface area (Å²) in [5.41, 5.74) is 2.96. The average molecular weight is 430 g/mol. The molecule has 1 fully saturated rings. The lowest BCUT2D eigenvalue weighted by Crippen LogP contribution is -2.37. The Morgan fingerprint density at radius 3 is 2.57 bits per heavy atom. The molecular formula is C22H27N3O4S. The number of carbonyl (C=O) groups excluding carboxylic acids is 2. The van der Waals surface area contributed by atoms with Gasteiger partial charge in [0.05, 0.1) is 26.3 Å². The zero-order valence-corrected chi connectivity index (χ0v) is 18.2. The summed E-state index contributed by atoms with van der Waals surface area (Å²) in [6.45, 7) is 1.21. The zero-order valence-electron chi connectivity index (χ0n) is 17.4. The number of rotatable bonds is 6. The molecule has 1 saturated carbocycles. The maximum Gasteiger partial charge on any atom is 0.229 e. The number of hydrogen-bond acceptors (Lipinski definition) is 6. The maximum atomic E-state index is 12.8. The smallest absolute Gasteiger partial charge is 0.229 e. The molecule has 4 rings (SSSR count). The van der Waals surface area contributed by atoms with Crippen molar-refractivity contribution < 1.29 is 19.1 Å². The molecule has 0 unspecified atom stereocenters. The molecular weight excluding hydrogens is 402 g/mol. The molecule has 1 aliphatic carbocycles. The fraction of sp³-hybridized carbons (Fsp3) is 0.500. The summed E-state index contributed by atoms with van der Waals surface area (Å²) in [7, 11) is 3.24. The Labute approximate surface area is 180 Å². The minimum Gasteiger partial charge on any atom is -0.493 e. The molecule has 8 heteroatoms. The molecule has 2 amide bonds. The van der Waals surface area contributed by atoms with Gasteiger partial charge in [0.2, 0.25) is 11.8 Å². The highest BCUT2D eigenvalue weighted by atomic mass is 32.1. The molecule has 0 radical (unpaired) electrons. The highest BCUT2D eigenvalue weighted by Gasteiger charge is 2.25. The largest absolute Gasteiger partial charge is 0.493 e. The van der Waals surface area contributed by atoms with Gasteiger partial charge < -0.3 is 19.7 Å². The first-order chi connectivity index (χ1) is 14.6. The van der Waals surface area contributed by atoms with Crippen LogP contribution in [-0.4, -0.2) is 42.5 Å². The second-order valence-electron chi connectivity index (χ2n) is 7.83. The normalized spacial score (nSPS) is 16.3. The van der Waals surface area contributed by atoms with Crippen molar-refractivity contribution in [2.75, 3.05) is 26.1 Å². The van der Waals surface area contributed by atoms with Gasteiger partial charge in [0.15, 0.2) is 16.6 Å². The number of amides is 2. The van der Waals surface area contributed by atoms with Crippen LogP contribution in [0.25, 0.3) is 0 Å². The number of thiazole rings is 1. The summed E-state index contributed by atoms with van der Waals surface area (Å²) in [5, 5.41) is 5.35. The first-order valence-electron chi connectivity index (χ1n) is 10.3. The monoisotopic (exact) mass is 429 g/mol. The van der Waals surface area contributed by atoms with E-state index < -0.39 is 0 Å². The number of nitrogens with one attached hydrogen (secondary N) is 1. The highest BCUT2D eigenvalue weighted by Crippen LogP contribution is 2.33. The van der Waals surface area contributed by atoms with Crippen LogP contribution < -0.4 is 14.8 Å². The molecule has 0 spiro atoms. The molecule has 2 aliphatic rings. The third kappa shape index (κ3) is 4.43. The molecule has 0 atom stereocenters.